The third-order valence-electron chi connectivity index (χ3n) is 5.10. The van der Waals surface area contributed by atoms with Crippen LogP contribution in [0.5, 0.6) is 0 Å². The summed E-state index contributed by atoms with van der Waals surface area (Å²) in [5.41, 5.74) is 0. The van der Waals surface area contributed by atoms with Crippen LogP contribution in [0.25, 0.3) is 0 Å². The Morgan fingerprint density at radius 3 is 0.903 bits per heavy atom. The van der Waals surface area contributed by atoms with Crippen LogP contribution in [-0.4, -0.2) is 5.40 Å². The maximum atomic E-state index is 2.37. The van der Waals surface area contributed by atoms with Crippen molar-refractivity contribution in [3.8, 4) is 0 Å². The summed E-state index contributed by atoms with van der Waals surface area (Å²) in [6, 6.07) is 44.6. The van der Waals surface area contributed by atoms with Crippen molar-refractivity contribution < 1.29 is 28.9 Å². The van der Waals surface area contributed by atoms with Gasteiger partial charge in [0, 0.05) is 5.40 Å². The Labute approximate surface area is 205 Å². The fraction of sp³-hybridized carbons (Fsp3) is 0.111. The number of halogens is 1. The Balaban J connectivity index is 0.00000171. The SMILES string of the molecule is CCC(P(c1ccccc1)c1ccccc1)P(c1ccccc1)c1ccccc1.[Cl-].[Ni+2]. The van der Waals surface area contributed by atoms with E-state index in [0.717, 1.165) is 6.42 Å². The first-order chi connectivity index (χ1) is 14.4. The minimum Gasteiger partial charge on any atom is -1.00 e. The number of benzene rings is 4. The minimum absolute atomic E-state index is 0. The van der Waals surface area contributed by atoms with Crippen molar-refractivity contribution in [2.75, 3.05) is 0 Å². The van der Waals surface area contributed by atoms with Crippen LogP contribution in [-0.2, 0) is 16.5 Å². The maximum Gasteiger partial charge on any atom is 2.00 e. The van der Waals surface area contributed by atoms with Gasteiger partial charge in [0.1, 0.15) is 0 Å². The Morgan fingerprint density at radius 1 is 0.484 bits per heavy atom. The second kappa shape index (κ2) is 13.2. The third-order valence-corrected chi connectivity index (χ3v) is 11.8. The van der Waals surface area contributed by atoms with E-state index < -0.39 is 15.8 Å². The Morgan fingerprint density at radius 2 is 0.710 bits per heavy atom. The van der Waals surface area contributed by atoms with Gasteiger partial charge in [0.15, 0.2) is 0 Å². The predicted molar refractivity (Wildman–Crippen MR) is 132 cm³/mol. The zero-order valence-electron chi connectivity index (χ0n) is 17.4. The minimum atomic E-state index is -0.472. The molecule has 0 spiro atoms. The molecule has 0 heterocycles. The first-order valence-corrected chi connectivity index (χ1v) is 13.0. The molecule has 0 saturated heterocycles. The normalized spacial score (nSPS) is 10.6. The van der Waals surface area contributed by atoms with E-state index in [1.807, 2.05) is 0 Å². The summed E-state index contributed by atoms with van der Waals surface area (Å²) >= 11 is 0. The summed E-state index contributed by atoms with van der Waals surface area (Å²) in [6.45, 7) is 2.37. The average Bonchev–Trinajstić information content (AvgIpc) is 2.81. The monoisotopic (exact) mass is 505 g/mol. The molecule has 0 aliphatic carbocycles. The van der Waals surface area contributed by atoms with Crippen LogP contribution in [0.3, 0.4) is 0 Å². The molecule has 0 saturated carbocycles. The van der Waals surface area contributed by atoms with E-state index in [-0.39, 0.29) is 28.9 Å². The first-order valence-electron chi connectivity index (χ1n) is 10.2. The van der Waals surface area contributed by atoms with Gasteiger partial charge in [0.2, 0.25) is 0 Å². The van der Waals surface area contributed by atoms with Gasteiger partial charge in [-0.1, -0.05) is 128 Å². The van der Waals surface area contributed by atoms with Crippen LogP contribution in [0, 0.1) is 0 Å². The molecule has 4 rings (SSSR count). The fourth-order valence-corrected chi connectivity index (χ4v) is 11.0. The summed E-state index contributed by atoms with van der Waals surface area (Å²) in [7, 11) is -0.944. The fourth-order valence-electron chi connectivity index (χ4n) is 3.82. The van der Waals surface area contributed by atoms with Crippen LogP contribution < -0.4 is 33.6 Å². The molecule has 0 bridgehead atoms. The maximum absolute atomic E-state index is 2.37. The molecule has 0 fully saturated rings. The zero-order chi connectivity index (χ0) is 19.9. The third kappa shape index (κ3) is 6.28. The van der Waals surface area contributed by atoms with Gasteiger partial charge in [-0.05, 0) is 43.5 Å². The van der Waals surface area contributed by atoms with Gasteiger partial charge in [0.05, 0.1) is 0 Å². The molecule has 31 heavy (non-hydrogen) atoms. The number of hydrogen-bond donors (Lipinski definition) is 0. The molecule has 0 radical (unpaired) electrons. The smallest absolute Gasteiger partial charge is 1.00 e. The quantitative estimate of drug-likeness (QED) is 0.267. The Kier molecular flexibility index (Phi) is 10.9. The Hall–Kier alpha value is -1.48. The van der Waals surface area contributed by atoms with Crippen LogP contribution in [0.2, 0.25) is 0 Å². The van der Waals surface area contributed by atoms with E-state index in [2.05, 4.69) is 128 Å². The average molecular weight is 507 g/mol. The van der Waals surface area contributed by atoms with E-state index >= 15 is 0 Å². The molecule has 160 valence electrons. The van der Waals surface area contributed by atoms with Crippen molar-refractivity contribution in [2.24, 2.45) is 0 Å². The van der Waals surface area contributed by atoms with E-state index in [0.29, 0.717) is 5.40 Å². The summed E-state index contributed by atoms with van der Waals surface area (Å²) in [4.78, 5) is 0. The van der Waals surface area contributed by atoms with Gasteiger partial charge in [0.25, 0.3) is 0 Å². The van der Waals surface area contributed by atoms with E-state index in [4.69, 9.17) is 0 Å². The summed E-state index contributed by atoms with van der Waals surface area (Å²) in [6.07, 6.45) is 1.16. The zero-order valence-corrected chi connectivity index (χ0v) is 21.0. The molecule has 4 aromatic carbocycles. The summed E-state index contributed by atoms with van der Waals surface area (Å²) in [5, 5.41) is 6.47. The van der Waals surface area contributed by atoms with Gasteiger partial charge in [-0.3, -0.25) is 0 Å². The molecule has 4 aromatic rings. The topological polar surface area (TPSA) is 0 Å². The largest absolute Gasteiger partial charge is 2.00 e. The molecule has 0 aromatic heterocycles. The van der Waals surface area contributed by atoms with Crippen molar-refractivity contribution in [3.05, 3.63) is 121 Å². The molecule has 0 atom stereocenters. The molecular formula is C27H26ClNiP2+. The summed E-state index contributed by atoms with van der Waals surface area (Å²) < 4.78 is 0. The molecule has 0 aliphatic heterocycles. The molecule has 4 heteroatoms. The van der Waals surface area contributed by atoms with Crippen molar-refractivity contribution in [2.45, 2.75) is 18.7 Å². The number of hydrogen-bond acceptors (Lipinski definition) is 0. The second-order valence-electron chi connectivity index (χ2n) is 6.97. The van der Waals surface area contributed by atoms with Crippen LogP contribution >= 0.6 is 15.8 Å². The van der Waals surface area contributed by atoms with Crippen molar-refractivity contribution in [3.63, 3.8) is 0 Å². The van der Waals surface area contributed by atoms with E-state index in [9.17, 15) is 0 Å². The Bertz CT molecular complexity index is 836. The molecule has 0 nitrogen and oxygen atoms in total. The second-order valence-corrected chi connectivity index (χ2v) is 12.2. The molecule has 0 unspecified atom stereocenters. The number of rotatable bonds is 7. The molecule has 0 aliphatic rings. The van der Waals surface area contributed by atoms with Gasteiger partial charge in [-0.2, -0.15) is 0 Å². The molecular weight excluding hydrogens is 480 g/mol. The van der Waals surface area contributed by atoms with Crippen LogP contribution in [0.15, 0.2) is 121 Å². The van der Waals surface area contributed by atoms with Crippen LogP contribution in [0.4, 0.5) is 0 Å². The van der Waals surface area contributed by atoms with Crippen molar-refractivity contribution in [1.82, 2.24) is 0 Å². The van der Waals surface area contributed by atoms with Gasteiger partial charge < -0.3 is 12.4 Å². The molecule has 0 N–H and O–H groups in total. The van der Waals surface area contributed by atoms with E-state index in [1.165, 1.54) is 21.2 Å². The van der Waals surface area contributed by atoms with Crippen molar-refractivity contribution >= 4 is 37.1 Å². The van der Waals surface area contributed by atoms with Gasteiger partial charge >= 0.3 is 16.5 Å². The first kappa shape index (κ1) is 25.8. The summed E-state index contributed by atoms with van der Waals surface area (Å²) in [5.74, 6) is 0. The van der Waals surface area contributed by atoms with Gasteiger partial charge in [-0.25, -0.2) is 0 Å². The van der Waals surface area contributed by atoms with Gasteiger partial charge in [-0.15, -0.1) is 0 Å². The molecule has 0 amide bonds. The standard InChI is InChI=1S/C27H26P2.ClH.Ni/c1-2-27(28(23-15-7-3-8-16-23)24-17-9-4-10-18-24)29(25-19-11-5-12-20-25)26-21-13-6-14-22-26;;/h3-22,27H,2H2,1H3;1H;/q;;+2/p-1. The van der Waals surface area contributed by atoms with Crippen LogP contribution in [0.1, 0.15) is 13.3 Å². The predicted octanol–water partition coefficient (Wildman–Crippen LogP) is 2.99. The van der Waals surface area contributed by atoms with Crippen molar-refractivity contribution in [1.29, 1.82) is 0 Å². The van der Waals surface area contributed by atoms with E-state index in [1.54, 1.807) is 0 Å².